The summed E-state index contributed by atoms with van der Waals surface area (Å²) < 4.78 is 1.51. The molecule has 0 saturated carbocycles. The maximum absolute atomic E-state index is 12.8. The molecule has 0 bridgehead atoms. The summed E-state index contributed by atoms with van der Waals surface area (Å²) in [6.45, 7) is 4.83. The van der Waals surface area contributed by atoms with Gasteiger partial charge >= 0.3 is 0 Å². The number of piperazine rings is 1. The lowest BCUT2D eigenvalue weighted by Crippen LogP contribution is -2.49. The fraction of sp³-hybridized carbons (Fsp3) is 0.280. The standard InChI is InChI=1S/C25H26N8O2/c1-18-6-7-21(26-16-18)28-22-8-9-23(30-29-22)31-12-14-32(15-13-31)24(34)10-11-33-17-27-20-5-3-2-4-19(20)25(33)35/h2-9,16-17H,10-15H2,1H3,(H,26,28,29). The van der Waals surface area contributed by atoms with Crippen LogP contribution in [-0.2, 0) is 11.3 Å². The number of anilines is 3. The van der Waals surface area contributed by atoms with Gasteiger partial charge in [0, 0.05) is 45.3 Å². The van der Waals surface area contributed by atoms with Gasteiger partial charge in [0.2, 0.25) is 5.91 Å². The second-order valence-electron chi connectivity index (χ2n) is 8.50. The molecular formula is C25H26N8O2. The highest BCUT2D eigenvalue weighted by Crippen LogP contribution is 2.17. The molecule has 0 radical (unpaired) electrons. The molecule has 1 N–H and O–H groups in total. The Balaban J connectivity index is 1.13. The normalized spacial score (nSPS) is 13.7. The van der Waals surface area contributed by atoms with Gasteiger partial charge in [-0.15, -0.1) is 10.2 Å². The molecule has 1 saturated heterocycles. The number of aryl methyl sites for hydroxylation is 2. The van der Waals surface area contributed by atoms with Crippen molar-refractivity contribution in [1.29, 1.82) is 0 Å². The van der Waals surface area contributed by atoms with Crippen molar-refractivity contribution in [2.75, 3.05) is 36.4 Å². The Bertz CT molecular complexity index is 1380. The average Bonchev–Trinajstić information content (AvgIpc) is 2.90. The highest BCUT2D eigenvalue weighted by atomic mass is 16.2. The summed E-state index contributed by atoms with van der Waals surface area (Å²) in [6.07, 6.45) is 3.57. The molecule has 0 spiro atoms. The molecule has 10 nitrogen and oxygen atoms in total. The monoisotopic (exact) mass is 470 g/mol. The van der Waals surface area contributed by atoms with E-state index in [2.05, 4.69) is 30.4 Å². The largest absolute Gasteiger partial charge is 0.352 e. The molecule has 1 amide bonds. The average molecular weight is 471 g/mol. The van der Waals surface area contributed by atoms with Crippen LogP contribution in [0.25, 0.3) is 10.9 Å². The molecule has 178 valence electrons. The van der Waals surface area contributed by atoms with E-state index < -0.39 is 0 Å². The van der Waals surface area contributed by atoms with Crippen LogP contribution in [0, 0.1) is 6.92 Å². The lowest BCUT2D eigenvalue weighted by Gasteiger charge is -2.35. The second-order valence-corrected chi connectivity index (χ2v) is 8.50. The number of hydrogen-bond acceptors (Lipinski definition) is 8. The summed E-state index contributed by atoms with van der Waals surface area (Å²) in [4.78, 5) is 38.0. The van der Waals surface area contributed by atoms with Crippen molar-refractivity contribution in [3.63, 3.8) is 0 Å². The van der Waals surface area contributed by atoms with Crippen LogP contribution in [-0.4, -0.2) is 61.7 Å². The Morgan fingerprint density at radius 1 is 0.943 bits per heavy atom. The zero-order valence-corrected chi connectivity index (χ0v) is 19.5. The first-order chi connectivity index (χ1) is 17.1. The number of carbonyl (C=O) groups is 1. The van der Waals surface area contributed by atoms with Crippen molar-refractivity contribution in [1.82, 2.24) is 29.6 Å². The third-order valence-corrected chi connectivity index (χ3v) is 6.07. The highest BCUT2D eigenvalue weighted by Gasteiger charge is 2.22. The molecule has 1 aromatic carbocycles. The topological polar surface area (TPSA) is 109 Å². The zero-order chi connectivity index (χ0) is 24.2. The van der Waals surface area contributed by atoms with Gasteiger partial charge in [0.25, 0.3) is 5.56 Å². The SMILES string of the molecule is Cc1ccc(Nc2ccc(N3CCN(C(=O)CCn4cnc5ccccc5c4=O)CC3)nn2)nc1. The van der Waals surface area contributed by atoms with Crippen molar-refractivity contribution in [2.24, 2.45) is 0 Å². The second kappa shape index (κ2) is 9.88. The van der Waals surface area contributed by atoms with Crippen LogP contribution >= 0.6 is 0 Å². The van der Waals surface area contributed by atoms with Gasteiger partial charge in [-0.05, 0) is 42.8 Å². The molecule has 4 heterocycles. The molecule has 0 atom stereocenters. The minimum Gasteiger partial charge on any atom is -0.352 e. The first-order valence-corrected chi connectivity index (χ1v) is 11.6. The van der Waals surface area contributed by atoms with Gasteiger partial charge < -0.3 is 15.1 Å². The van der Waals surface area contributed by atoms with Crippen LogP contribution in [0.15, 0.2) is 65.8 Å². The fourth-order valence-corrected chi connectivity index (χ4v) is 4.06. The van der Waals surface area contributed by atoms with Crippen molar-refractivity contribution < 1.29 is 4.79 Å². The minimum absolute atomic E-state index is 0.0286. The summed E-state index contributed by atoms with van der Waals surface area (Å²) in [5.74, 6) is 2.14. The van der Waals surface area contributed by atoms with Gasteiger partial charge in [0.1, 0.15) is 5.82 Å². The number of fused-ring (bicyclic) bond motifs is 1. The number of nitrogens with one attached hydrogen (secondary N) is 1. The van der Waals surface area contributed by atoms with E-state index in [1.807, 2.05) is 48.2 Å². The predicted molar refractivity (Wildman–Crippen MR) is 134 cm³/mol. The van der Waals surface area contributed by atoms with Crippen molar-refractivity contribution in [3.05, 3.63) is 77.0 Å². The first-order valence-electron chi connectivity index (χ1n) is 11.6. The van der Waals surface area contributed by atoms with Gasteiger partial charge in [-0.1, -0.05) is 18.2 Å². The van der Waals surface area contributed by atoms with E-state index in [0.717, 1.165) is 11.4 Å². The van der Waals surface area contributed by atoms with Gasteiger partial charge in [0.05, 0.1) is 17.2 Å². The van der Waals surface area contributed by atoms with Crippen molar-refractivity contribution >= 4 is 34.3 Å². The van der Waals surface area contributed by atoms with E-state index in [0.29, 0.717) is 55.3 Å². The zero-order valence-electron chi connectivity index (χ0n) is 19.5. The summed E-state index contributed by atoms with van der Waals surface area (Å²) in [6, 6.07) is 14.9. The van der Waals surface area contributed by atoms with Crippen LogP contribution in [0.4, 0.5) is 17.5 Å². The Morgan fingerprint density at radius 3 is 2.49 bits per heavy atom. The molecular weight excluding hydrogens is 444 g/mol. The number of pyridine rings is 1. The third kappa shape index (κ3) is 5.11. The van der Waals surface area contributed by atoms with Gasteiger partial charge in [-0.25, -0.2) is 9.97 Å². The molecule has 5 rings (SSSR count). The molecule has 10 heteroatoms. The number of nitrogens with zero attached hydrogens (tertiary/aromatic N) is 7. The van der Waals surface area contributed by atoms with E-state index in [1.165, 1.54) is 10.9 Å². The first kappa shape index (κ1) is 22.5. The lowest BCUT2D eigenvalue weighted by molar-refractivity contribution is -0.131. The van der Waals surface area contributed by atoms with Crippen molar-refractivity contribution in [2.45, 2.75) is 19.9 Å². The number of benzene rings is 1. The van der Waals surface area contributed by atoms with Crippen LogP contribution < -0.4 is 15.8 Å². The molecule has 3 aromatic heterocycles. The summed E-state index contributed by atoms with van der Waals surface area (Å²) in [7, 11) is 0. The molecule has 4 aromatic rings. The van der Waals surface area contributed by atoms with Crippen LogP contribution in [0.1, 0.15) is 12.0 Å². The minimum atomic E-state index is -0.122. The predicted octanol–water partition coefficient (Wildman–Crippen LogP) is 2.37. The van der Waals surface area contributed by atoms with Gasteiger partial charge in [-0.2, -0.15) is 0 Å². The summed E-state index contributed by atoms with van der Waals surface area (Å²) in [5, 5.41) is 12.3. The number of hydrogen-bond donors (Lipinski definition) is 1. The number of rotatable bonds is 6. The number of aromatic nitrogens is 5. The number of carbonyl (C=O) groups excluding carboxylic acids is 1. The van der Waals surface area contributed by atoms with E-state index in [4.69, 9.17) is 0 Å². The van der Waals surface area contributed by atoms with Gasteiger partial charge in [-0.3, -0.25) is 14.2 Å². The molecule has 1 aliphatic rings. The van der Waals surface area contributed by atoms with E-state index in [-0.39, 0.29) is 17.9 Å². The molecule has 35 heavy (non-hydrogen) atoms. The smallest absolute Gasteiger partial charge is 0.261 e. The summed E-state index contributed by atoms with van der Waals surface area (Å²) in [5.41, 5.74) is 1.63. The number of para-hydroxylation sites is 1. The Kier molecular flexibility index (Phi) is 6.34. The Hall–Kier alpha value is -4.34. The summed E-state index contributed by atoms with van der Waals surface area (Å²) >= 11 is 0. The van der Waals surface area contributed by atoms with E-state index in [1.54, 1.807) is 18.3 Å². The van der Waals surface area contributed by atoms with Crippen LogP contribution in [0.5, 0.6) is 0 Å². The molecule has 1 aliphatic heterocycles. The van der Waals surface area contributed by atoms with E-state index >= 15 is 0 Å². The van der Waals surface area contributed by atoms with Crippen LogP contribution in [0.3, 0.4) is 0 Å². The highest BCUT2D eigenvalue weighted by molar-refractivity contribution is 5.78. The molecule has 0 unspecified atom stereocenters. The lowest BCUT2D eigenvalue weighted by atomic mass is 10.2. The van der Waals surface area contributed by atoms with Gasteiger partial charge in [0.15, 0.2) is 11.6 Å². The quantitative estimate of drug-likeness (QED) is 0.458. The number of amides is 1. The van der Waals surface area contributed by atoms with Crippen LogP contribution in [0.2, 0.25) is 0 Å². The van der Waals surface area contributed by atoms with Crippen molar-refractivity contribution in [3.8, 4) is 0 Å². The Labute approximate surface area is 202 Å². The molecule has 0 aliphatic carbocycles. The molecule has 1 fully saturated rings. The maximum Gasteiger partial charge on any atom is 0.261 e. The maximum atomic E-state index is 12.8. The third-order valence-electron chi connectivity index (χ3n) is 6.07. The van der Waals surface area contributed by atoms with E-state index in [9.17, 15) is 9.59 Å². The Morgan fingerprint density at radius 2 is 1.74 bits per heavy atom. The fourth-order valence-electron chi connectivity index (χ4n) is 4.06.